The molecule has 1 N–H and O–H groups in total. The topological polar surface area (TPSA) is 93.2 Å². The van der Waals surface area contributed by atoms with Crippen molar-refractivity contribution >= 4 is 19.9 Å². The first kappa shape index (κ1) is 20.5. The first-order valence-electron chi connectivity index (χ1n) is 8.13. The average molecular weight is 400 g/mol. The Kier molecular flexibility index (Phi) is 6.85. The maximum atomic E-state index is 13.1. The van der Waals surface area contributed by atoms with Crippen molar-refractivity contribution in [2.24, 2.45) is 0 Å². The third-order valence-corrected chi connectivity index (χ3v) is 7.38. The van der Waals surface area contributed by atoms with Gasteiger partial charge in [0.2, 0.25) is 10.0 Å². The molecule has 0 unspecified atom stereocenters. The second kappa shape index (κ2) is 8.70. The van der Waals surface area contributed by atoms with Gasteiger partial charge in [-0.15, -0.1) is 0 Å². The molecule has 2 rings (SSSR count). The Morgan fingerprint density at radius 1 is 1.12 bits per heavy atom. The fourth-order valence-electron chi connectivity index (χ4n) is 2.37. The summed E-state index contributed by atoms with van der Waals surface area (Å²) in [5.41, 5.74) is 0.356. The quantitative estimate of drug-likeness (QED) is 0.653. The predicted molar refractivity (Wildman–Crippen MR) is 97.3 cm³/mol. The van der Waals surface area contributed by atoms with Crippen LogP contribution in [-0.4, -0.2) is 34.1 Å². The number of benzene rings is 1. The second-order valence-corrected chi connectivity index (χ2v) is 9.85. The Balaban J connectivity index is 2.34. The summed E-state index contributed by atoms with van der Waals surface area (Å²) in [6.45, 7) is 1.55. The molecule has 0 saturated heterocycles. The van der Waals surface area contributed by atoms with E-state index in [1.165, 1.54) is 24.5 Å². The summed E-state index contributed by atoms with van der Waals surface area (Å²) in [6.07, 6.45) is 4.07. The molecule has 0 fully saturated rings. The van der Waals surface area contributed by atoms with Crippen molar-refractivity contribution in [3.63, 3.8) is 0 Å². The highest BCUT2D eigenvalue weighted by atomic mass is 32.2. The van der Waals surface area contributed by atoms with E-state index < -0.39 is 30.9 Å². The van der Waals surface area contributed by atoms with Crippen molar-refractivity contribution in [1.29, 1.82) is 0 Å². The van der Waals surface area contributed by atoms with E-state index in [4.69, 9.17) is 0 Å². The zero-order chi connectivity index (χ0) is 19.2. The molecule has 0 aliphatic heterocycles. The molecule has 1 atom stereocenters. The van der Waals surface area contributed by atoms with Crippen molar-refractivity contribution in [3.8, 4) is 0 Å². The Bertz CT molecular complexity index is 915. The molecule has 6 nitrogen and oxygen atoms in total. The van der Waals surface area contributed by atoms with Crippen LogP contribution in [0.4, 0.5) is 4.39 Å². The molecule has 2 aromatic rings. The number of nitrogens with zero attached hydrogens (tertiary/aromatic N) is 1. The van der Waals surface area contributed by atoms with E-state index in [-0.39, 0.29) is 17.2 Å². The lowest BCUT2D eigenvalue weighted by molar-refractivity contribution is 0.566. The van der Waals surface area contributed by atoms with Crippen molar-refractivity contribution in [3.05, 3.63) is 60.2 Å². The lowest BCUT2D eigenvalue weighted by Crippen LogP contribution is -2.33. The monoisotopic (exact) mass is 400 g/mol. The van der Waals surface area contributed by atoms with Crippen LogP contribution in [0.5, 0.6) is 0 Å². The zero-order valence-corrected chi connectivity index (χ0v) is 15.9. The molecule has 142 valence electrons. The molecule has 0 aliphatic carbocycles. The molecule has 9 heteroatoms. The van der Waals surface area contributed by atoms with Crippen LogP contribution in [0.15, 0.2) is 53.7 Å². The van der Waals surface area contributed by atoms with Crippen LogP contribution in [0, 0.1) is 5.82 Å². The molecular formula is C17H21FN2O4S2. The summed E-state index contributed by atoms with van der Waals surface area (Å²) in [7, 11) is -7.54. The summed E-state index contributed by atoms with van der Waals surface area (Å²) in [6, 6.07) is 7.59. The van der Waals surface area contributed by atoms with Crippen LogP contribution < -0.4 is 4.72 Å². The second-order valence-electron chi connectivity index (χ2n) is 5.79. The zero-order valence-electron chi connectivity index (χ0n) is 14.3. The highest BCUT2D eigenvalue weighted by Crippen LogP contribution is 2.28. The van der Waals surface area contributed by atoms with E-state index in [2.05, 4.69) is 9.71 Å². The SMILES string of the molecule is CCCCS(=O)(=O)NC[C@H](c1cccnc1)S(=O)(=O)c1ccc(F)cc1. The Labute approximate surface area is 153 Å². The number of hydrogen-bond acceptors (Lipinski definition) is 5. The Morgan fingerprint density at radius 3 is 2.38 bits per heavy atom. The predicted octanol–water partition coefficient (Wildman–Crippen LogP) is 2.46. The molecule has 1 heterocycles. The van der Waals surface area contributed by atoms with Gasteiger partial charge in [0.1, 0.15) is 11.1 Å². The number of aromatic nitrogens is 1. The minimum absolute atomic E-state index is 0.0696. The summed E-state index contributed by atoms with van der Waals surface area (Å²) < 4.78 is 65.6. The maximum absolute atomic E-state index is 13.1. The molecule has 0 amide bonds. The largest absolute Gasteiger partial charge is 0.264 e. The van der Waals surface area contributed by atoms with Crippen LogP contribution in [0.2, 0.25) is 0 Å². The number of rotatable bonds is 9. The molecule has 1 aromatic carbocycles. The van der Waals surface area contributed by atoms with E-state index in [0.29, 0.717) is 18.4 Å². The fraction of sp³-hybridized carbons (Fsp3) is 0.353. The van der Waals surface area contributed by atoms with Gasteiger partial charge in [0, 0.05) is 18.9 Å². The summed E-state index contributed by atoms with van der Waals surface area (Å²) >= 11 is 0. The molecular weight excluding hydrogens is 379 g/mol. The third kappa shape index (κ3) is 5.33. The minimum atomic E-state index is -3.95. The van der Waals surface area contributed by atoms with Gasteiger partial charge in [-0.2, -0.15) is 0 Å². The first-order valence-corrected chi connectivity index (χ1v) is 11.3. The van der Waals surface area contributed by atoms with Gasteiger partial charge < -0.3 is 0 Å². The van der Waals surface area contributed by atoms with Gasteiger partial charge in [0.05, 0.1) is 10.6 Å². The van der Waals surface area contributed by atoms with Gasteiger partial charge in [-0.3, -0.25) is 4.98 Å². The van der Waals surface area contributed by atoms with Gasteiger partial charge in [-0.1, -0.05) is 19.4 Å². The fourth-order valence-corrected chi connectivity index (χ4v) is 5.35. The van der Waals surface area contributed by atoms with Gasteiger partial charge in [-0.25, -0.2) is 25.9 Å². The molecule has 1 aromatic heterocycles. The number of hydrogen-bond donors (Lipinski definition) is 1. The van der Waals surface area contributed by atoms with Gasteiger partial charge in [0.25, 0.3) is 0 Å². The van der Waals surface area contributed by atoms with E-state index >= 15 is 0 Å². The highest BCUT2D eigenvalue weighted by molar-refractivity contribution is 7.92. The number of nitrogens with one attached hydrogen (secondary N) is 1. The first-order chi connectivity index (χ1) is 12.3. The van der Waals surface area contributed by atoms with Crippen LogP contribution in [-0.2, 0) is 19.9 Å². The van der Waals surface area contributed by atoms with E-state index in [1.54, 1.807) is 12.1 Å². The smallest absolute Gasteiger partial charge is 0.211 e. The molecule has 0 radical (unpaired) electrons. The standard InChI is InChI=1S/C17H21FN2O4S2/c1-2-3-11-25(21,22)20-13-17(14-5-4-10-19-12-14)26(23,24)16-8-6-15(18)7-9-16/h4-10,12,17,20H,2-3,11,13H2,1H3/t17-/m1/s1. The maximum Gasteiger partial charge on any atom is 0.211 e. The molecule has 0 saturated carbocycles. The highest BCUT2D eigenvalue weighted by Gasteiger charge is 2.30. The van der Waals surface area contributed by atoms with Crippen LogP contribution in [0.1, 0.15) is 30.6 Å². The van der Waals surface area contributed by atoms with Crippen molar-refractivity contribution in [2.45, 2.75) is 29.9 Å². The number of halogens is 1. The van der Waals surface area contributed by atoms with Crippen LogP contribution >= 0.6 is 0 Å². The summed E-state index contributed by atoms with van der Waals surface area (Å²) in [5, 5.41) is -1.17. The minimum Gasteiger partial charge on any atom is -0.264 e. The Hall–Kier alpha value is -1.84. The number of pyridine rings is 1. The van der Waals surface area contributed by atoms with E-state index in [0.717, 1.165) is 12.1 Å². The third-order valence-electron chi connectivity index (χ3n) is 3.83. The summed E-state index contributed by atoms with van der Waals surface area (Å²) in [4.78, 5) is 3.84. The van der Waals surface area contributed by atoms with Crippen molar-refractivity contribution in [1.82, 2.24) is 9.71 Å². The molecule has 0 spiro atoms. The average Bonchev–Trinajstić information content (AvgIpc) is 2.61. The van der Waals surface area contributed by atoms with Gasteiger partial charge >= 0.3 is 0 Å². The van der Waals surface area contributed by atoms with E-state index in [1.807, 2.05) is 6.92 Å². The van der Waals surface area contributed by atoms with Crippen molar-refractivity contribution in [2.75, 3.05) is 12.3 Å². The molecule has 0 aliphatic rings. The van der Waals surface area contributed by atoms with Crippen molar-refractivity contribution < 1.29 is 21.2 Å². The lowest BCUT2D eigenvalue weighted by atomic mass is 10.2. The normalized spacial score (nSPS) is 13.5. The summed E-state index contributed by atoms with van der Waals surface area (Å²) in [5.74, 6) is -0.623. The van der Waals surface area contributed by atoms with Gasteiger partial charge in [-0.05, 0) is 42.3 Å². The molecule has 0 bridgehead atoms. The van der Waals surface area contributed by atoms with E-state index in [9.17, 15) is 21.2 Å². The lowest BCUT2D eigenvalue weighted by Gasteiger charge is -2.19. The number of sulfone groups is 1. The van der Waals surface area contributed by atoms with Gasteiger partial charge in [0.15, 0.2) is 9.84 Å². The number of unbranched alkanes of at least 4 members (excludes halogenated alkanes) is 1. The Morgan fingerprint density at radius 2 is 1.81 bits per heavy atom. The number of sulfonamides is 1. The van der Waals surface area contributed by atoms with Crippen LogP contribution in [0.3, 0.4) is 0 Å². The van der Waals surface area contributed by atoms with Crippen LogP contribution in [0.25, 0.3) is 0 Å². The molecule has 26 heavy (non-hydrogen) atoms.